The van der Waals surface area contributed by atoms with Gasteiger partial charge in [-0.05, 0) is 50.8 Å². The quantitative estimate of drug-likeness (QED) is 0.750. The topological polar surface area (TPSA) is 66.9 Å². The van der Waals surface area contributed by atoms with Crippen LogP contribution in [0.3, 0.4) is 0 Å². The molecule has 0 aliphatic carbocycles. The zero-order valence-electron chi connectivity index (χ0n) is 14.7. The minimum Gasteiger partial charge on any atom is -0.462 e. The Balaban J connectivity index is 1.97. The Bertz CT molecular complexity index is 721. The van der Waals surface area contributed by atoms with Crippen molar-refractivity contribution < 1.29 is 17.9 Å². The molecule has 0 bridgehead atoms. The van der Waals surface area contributed by atoms with E-state index < -0.39 is 16.0 Å². The normalized spacial score (nSPS) is 19.2. The van der Waals surface area contributed by atoms with Gasteiger partial charge in [-0.1, -0.05) is 6.42 Å². The van der Waals surface area contributed by atoms with E-state index in [-0.39, 0.29) is 11.5 Å². The molecular formula is C18H26N2O4S. The Morgan fingerprint density at radius 2 is 1.68 bits per heavy atom. The summed E-state index contributed by atoms with van der Waals surface area (Å²) in [6.07, 6.45) is 4.99. The molecule has 0 spiro atoms. The molecular weight excluding hydrogens is 340 g/mol. The number of carbonyl (C=O) groups is 1. The van der Waals surface area contributed by atoms with Crippen LogP contribution in [0.1, 0.15) is 49.4 Å². The highest BCUT2D eigenvalue weighted by Crippen LogP contribution is 2.30. The average molecular weight is 366 g/mol. The van der Waals surface area contributed by atoms with Gasteiger partial charge in [0.1, 0.15) is 0 Å². The van der Waals surface area contributed by atoms with Crippen LogP contribution >= 0.6 is 0 Å². The lowest BCUT2D eigenvalue weighted by Crippen LogP contribution is -2.35. The number of hydrogen-bond donors (Lipinski definition) is 0. The van der Waals surface area contributed by atoms with Crippen LogP contribution in [0.25, 0.3) is 0 Å². The molecule has 2 fully saturated rings. The van der Waals surface area contributed by atoms with Gasteiger partial charge in [0.05, 0.1) is 22.8 Å². The van der Waals surface area contributed by atoms with E-state index in [0.717, 1.165) is 50.9 Å². The molecule has 6 nitrogen and oxygen atoms in total. The molecule has 0 radical (unpaired) electrons. The smallest absolute Gasteiger partial charge is 0.340 e. The van der Waals surface area contributed by atoms with Crippen molar-refractivity contribution >= 4 is 21.7 Å². The van der Waals surface area contributed by atoms with E-state index in [9.17, 15) is 13.2 Å². The van der Waals surface area contributed by atoms with Gasteiger partial charge in [-0.3, -0.25) is 0 Å². The van der Waals surface area contributed by atoms with Crippen molar-refractivity contribution in [3.8, 4) is 0 Å². The van der Waals surface area contributed by atoms with Crippen molar-refractivity contribution in [1.29, 1.82) is 0 Å². The van der Waals surface area contributed by atoms with Crippen molar-refractivity contribution in [2.24, 2.45) is 0 Å². The predicted octanol–water partition coefficient (Wildman–Crippen LogP) is 2.64. The van der Waals surface area contributed by atoms with Gasteiger partial charge in [0.25, 0.3) is 0 Å². The van der Waals surface area contributed by atoms with Crippen LogP contribution in [-0.2, 0) is 14.8 Å². The molecule has 0 aromatic heterocycles. The summed E-state index contributed by atoms with van der Waals surface area (Å²) < 4.78 is 32.5. The third-order valence-corrected chi connectivity index (χ3v) is 6.76. The van der Waals surface area contributed by atoms with Crippen LogP contribution in [-0.4, -0.2) is 51.5 Å². The number of hydrogen-bond acceptors (Lipinski definition) is 5. The molecule has 0 atom stereocenters. The third kappa shape index (κ3) is 3.82. The first-order valence-corrected chi connectivity index (χ1v) is 10.5. The molecule has 0 saturated carbocycles. The Morgan fingerprint density at radius 3 is 2.32 bits per heavy atom. The lowest BCUT2D eigenvalue weighted by molar-refractivity contribution is 0.0527. The van der Waals surface area contributed by atoms with Gasteiger partial charge >= 0.3 is 5.97 Å². The van der Waals surface area contributed by atoms with Crippen molar-refractivity contribution in [2.45, 2.75) is 43.9 Å². The first-order valence-electron chi connectivity index (χ1n) is 9.10. The number of piperidine rings is 1. The van der Waals surface area contributed by atoms with Crippen LogP contribution in [0.2, 0.25) is 0 Å². The number of sulfonamides is 1. The highest BCUT2D eigenvalue weighted by atomic mass is 32.2. The number of rotatable bonds is 5. The maximum atomic E-state index is 12.9. The first-order chi connectivity index (χ1) is 12.0. The molecule has 2 aliphatic heterocycles. The zero-order valence-corrected chi connectivity index (χ0v) is 15.6. The second-order valence-corrected chi connectivity index (χ2v) is 8.50. The fraction of sp³-hybridized carbons (Fsp3) is 0.611. The molecule has 1 aromatic carbocycles. The molecule has 2 saturated heterocycles. The summed E-state index contributed by atoms with van der Waals surface area (Å²) in [6.45, 7) is 4.87. The monoisotopic (exact) mass is 366 g/mol. The molecule has 0 unspecified atom stereocenters. The average Bonchev–Trinajstić information content (AvgIpc) is 3.16. The molecule has 25 heavy (non-hydrogen) atoms. The van der Waals surface area contributed by atoms with Gasteiger partial charge in [0, 0.05) is 26.2 Å². The Kier molecular flexibility index (Phi) is 5.64. The second kappa shape index (κ2) is 7.74. The highest BCUT2D eigenvalue weighted by molar-refractivity contribution is 7.89. The SMILES string of the molecule is CCOC(=O)c1cc(S(=O)(=O)N2CCCCC2)ccc1N1CCCC1. The number of benzene rings is 1. The van der Waals surface area contributed by atoms with Crippen LogP contribution < -0.4 is 4.90 Å². The molecule has 3 rings (SSSR count). The van der Waals surface area contributed by atoms with E-state index >= 15 is 0 Å². The van der Waals surface area contributed by atoms with Crippen LogP contribution in [0.5, 0.6) is 0 Å². The number of nitrogens with zero attached hydrogens (tertiary/aromatic N) is 2. The maximum absolute atomic E-state index is 12.9. The Morgan fingerprint density at radius 1 is 1.04 bits per heavy atom. The van der Waals surface area contributed by atoms with E-state index in [1.807, 2.05) is 0 Å². The number of ether oxygens (including phenoxy) is 1. The van der Waals surface area contributed by atoms with Gasteiger partial charge in [-0.2, -0.15) is 4.31 Å². The summed E-state index contributed by atoms with van der Waals surface area (Å²) in [4.78, 5) is 14.7. The van der Waals surface area contributed by atoms with Gasteiger partial charge in [-0.25, -0.2) is 13.2 Å². The fourth-order valence-corrected chi connectivity index (χ4v) is 5.08. The lowest BCUT2D eigenvalue weighted by Gasteiger charge is -2.27. The molecule has 0 N–H and O–H groups in total. The Labute approximate surface area is 149 Å². The Hall–Kier alpha value is -1.60. The van der Waals surface area contributed by atoms with Crippen LogP contribution in [0.4, 0.5) is 5.69 Å². The third-order valence-electron chi connectivity index (χ3n) is 4.86. The van der Waals surface area contributed by atoms with Gasteiger partial charge in [0.2, 0.25) is 10.0 Å². The van der Waals surface area contributed by atoms with Crippen molar-refractivity contribution in [1.82, 2.24) is 4.31 Å². The molecule has 1 aromatic rings. The van der Waals surface area contributed by atoms with E-state index in [2.05, 4.69) is 4.90 Å². The number of carbonyl (C=O) groups excluding carboxylic acids is 1. The fourth-order valence-electron chi connectivity index (χ4n) is 3.54. The molecule has 2 heterocycles. The second-order valence-electron chi connectivity index (χ2n) is 6.56. The molecule has 0 amide bonds. The van der Waals surface area contributed by atoms with E-state index in [1.54, 1.807) is 19.1 Å². The summed E-state index contributed by atoms with van der Waals surface area (Å²) >= 11 is 0. The maximum Gasteiger partial charge on any atom is 0.340 e. The van der Waals surface area contributed by atoms with Crippen molar-refractivity contribution in [3.05, 3.63) is 23.8 Å². The first kappa shape index (κ1) is 18.2. The molecule has 138 valence electrons. The predicted molar refractivity (Wildman–Crippen MR) is 96.5 cm³/mol. The van der Waals surface area contributed by atoms with E-state index in [0.29, 0.717) is 18.7 Å². The van der Waals surface area contributed by atoms with Crippen molar-refractivity contribution in [2.75, 3.05) is 37.7 Å². The largest absolute Gasteiger partial charge is 0.462 e. The van der Waals surface area contributed by atoms with Gasteiger partial charge < -0.3 is 9.64 Å². The highest BCUT2D eigenvalue weighted by Gasteiger charge is 2.29. The van der Waals surface area contributed by atoms with Gasteiger partial charge in [-0.15, -0.1) is 0 Å². The summed E-state index contributed by atoms with van der Waals surface area (Å²) in [7, 11) is -3.57. The number of esters is 1. The van der Waals surface area contributed by atoms with Gasteiger partial charge in [0.15, 0.2) is 0 Å². The van der Waals surface area contributed by atoms with Crippen molar-refractivity contribution in [3.63, 3.8) is 0 Å². The minimum absolute atomic E-state index is 0.181. The summed E-state index contributed by atoms with van der Waals surface area (Å²) in [5, 5.41) is 0. The number of anilines is 1. The summed E-state index contributed by atoms with van der Waals surface area (Å²) in [5.41, 5.74) is 1.12. The molecule has 7 heteroatoms. The summed E-state index contributed by atoms with van der Waals surface area (Å²) in [5.74, 6) is -0.458. The lowest BCUT2D eigenvalue weighted by atomic mass is 10.1. The van der Waals surface area contributed by atoms with Crippen LogP contribution in [0, 0.1) is 0 Å². The minimum atomic E-state index is -3.57. The zero-order chi connectivity index (χ0) is 17.9. The standard InChI is InChI=1S/C18H26N2O4S/c1-2-24-18(21)16-14-15(8-9-17(16)19-10-6-7-11-19)25(22,23)20-12-4-3-5-13-20/h8-9,14H,2-7,10-13H2,1H3. The summed E-state index contributed by atoms with van der Waals surface area (Å²) in [6, 6.07) is 4.88. The van der Waals surface area contributed by atoms with E-state index in [4.69, 9.17) is 4.74 Å². The van der Waals surface area contributed by atoms with Crippen LogP contribution in [0.15, 0.2) is 23.1 Å². The van der Waals surface area contributed by atoms with E-state index in [1.165, 1.54) is 10.4 Å². The molecule has 2 aliphatic rings.